The fourth-order valence-corrected chi connectivity index (χ4v) is 4.82. The average Bonchev–Trinajstić information content (AvgIpc) is 2.78. The van der Waals surface area contributed by atoms with Gasteiger partial charge in [0.15, 0.2) is 0 Å². The van der Waals surface area contributed by atoms with Crippen LogP contribution in [0.2, 0.25) is 0 Å². The Balaban J connectivity index is 1.50. The number of hydrogen-bond donors (Lipinski definition) is 0. The third-order valence-corrected chi connectivity index (χ3v) is 6.44. The highest BCUT2D eigenvalue weighted by Crippen LogP contribution is 2.37. The van der Waals surface area contributed by atoms with E-state index >= 15 is 0 Å². The molecule has 3 aromatic rings. The molecule has 29 heavy (non-hydrogen) atoms. The van der Waals surface area contributed by atoms with Gasteiger partial charge < -0.3 is 0 Å². The van der Waals surface area contributed by atoms with E-state index in [0.29, 0.717) is 0 Å². The lowest BCUT2D eigenvalue weighted by Crippen LogP contribution is -2.05. The summed E-state index contributed by atoms with van der Waals surface area (Å²) in [4.78, 5) is 0. The molecule has 0 radical (unpaired) electrons. The zero-order chi connectivity index (χ0) is 19.8. The SMILES string of the molecule is C=C1/C(=C\C(=C/C)c2ccc3c(c2)CCc2ccccc2-3)CCc2ccccc21. The van der Waals surface area contributed by atoms with E-state index in [1.165, 1.54) is 55.7 Å². The zero-order valence-corrected chi connectivity index (χ0v) is 17.0. The Bertz CT molecular complexity index is 1170. The molecule has 5 rings (SSSR count). The van der Waals surface area contributed by atoms with Crippen LogP contribution in [-0.4, -0.2) is 0 Å². The second-order valence-electron chi connectivity index (χ2n) is 8.08. The highest BCUT2D eigenvalue weighted by molar-refractivity contribution is 5.87. The van der Waals surface area contributed by atoms with Gasteiger partial charge in [0.1, 0.15) is 0 Å². The summed E-state index contributed by atoms with van der Waals surface area (Å²) < 4.78 is 0. The molecule has 0 saturated carbocycles. The quantitative estimate of drug-likeness (QED) is 0.437. The second-order valence-corrected chi connectivity index (χ2v) is 8.08. The van der Waals surface area contributed by atoms with Gasteiger partial charge in [-0.05, 0) is 88.3 Å². The molecule has 0 fully saturated rings. The third kappa shape index (κ3) is 3.19. The van der Waals surface area contributed by atoms with Gasteiger partial charge in [-0.15, -0.1) is 0 Å². The molecule has 0 bridgehead atoms. The lowest BCUT2D eigenvalue weighted by atomic mass is 9.82. The van der Waals surface area contributed by atoms with Crippen molar-refractivity contribution in [3.8, 4) is 11.1 Å². The number of benzene rings is 3. The summed E-state index contributed by atoms with van der Waals surface area (Å²) in [5.41, 5.74) is 13.6. The van der Waals surface area contributed by atoms with Crippen molar-refractivity contribution in [1.82, 2.24) is 0 Å². The topological polar surface area (TPSA) is 0 Å². The molecule has 0 unspecified atom stereocenters. The van der Waals surface area contributed by atoms with Crippen LogP contribution >= 0.6 is 0 Å². The molecule has 2 aliphatic carbocycles. The highest BCUT2D eigenvalue weighted by Gasteiger charge is 2.18. The van der Waals surface area contributed by atoms with Crippen LogP contribution in [0.3, 0.4) is 0 Å². The maximum Gasteiger partial charge on any atom is -0.0149 e. The average molecular weight is 375 g/mol. The smallest absolute Gasteiger partial charge is 0.0149 e. The van der Waals surface area contributed by atoms with Crippen molar-refractivity contribution < 1.29 is 0 Å². The van der Waals surface area contributed by atoms with Crippen LogP contribution in [0.4, 0.5) is 0 Å². The fourth-order valence-electron chi connectivity index (χ4n) is 4.82. The maximum atomic E-state index is 4.42. The Hall–Kier alpha value is -3.12. The molecule has 0 nitrogen and oxygen atoms in total. The van der Waals surface area contributed by atoms with Gasteiger partial charge in [-0.3, -0.25) is 0 Å². The Morgan fingerprint density at radius 2 is 1.34 bits per heavy atom. The van der Waals surface area contributed by atoms with Gasteiger partial charge in [0.25, 0.3) is 0 Å². The van der Waals surface area contributed by atoms with Gasteiger partial charge in [0, 0.05) is 0 Å². The Morgan fingerprint density at radius 3 is 2.14 bits per heavy atom. The van der Waals surface area contributed by atoms with Gasteiger partial charge in [-0.2, -0.15) is 0 Å². The van der Waals surface area contributed by atoms with Crippen molar-refractivity contribution in [1.29, 1.82) is 0 Å². The molecular weight excluding hydrogens is 348 g/mol. The minimum atomic E-state index is 1.06. The van der Waals surface area contributed by atoms with Crippen molar-refractivity contribution in [2.75, 3.05) is 0 Å². The summed E-state index contributed by atoms with van der Waals surface area (Å²) in [7, 11) is 0. The first-order chi connectivity index (χ1) is 14.2. The van der Waals surface area contributed by atoms with Crippen molar-refractivity contribution in [2.45, 2.75) is 32.6 Å². The monoisotopic (exact) mass is 374 g/mol. The molecule has 0 aromatic heterocycles. The number of allylic oxidation sites excluding steroid dienone is 5. The van der Waals surface area contributed by atoms with E-state index in [4.69, 9.17) is 0 Å². The Morgan fingerprint density at radius 1 is 0.724 bits per heavy atom. The van der Waals surface area contributed by atoms with E-state index in [9.17, 15) is 0 Å². The second kappa shape index (κ2) is 7.37. The van der Waals surface area contributed by atoms with Crippen LogP contribution in [-0.2, 0) is 19.3 Å². The lowest BCUT2D eigenvalue weighted by Gasteiger charge is -2.23. The normalized spacial score (nSPS) is 16.9. The van der Waals surface area contributed by atoms with Crippen LogP contribution in [0.5, 0.6) is 0 Å². The molecular formula is C29H26. The lowest BCUT2D eigenvalue weighted by molar-refractivity contribution is 0.939. The molecule has 0 N–H and O–H groups in total. The largest absolute Gasteiger partial charge is 0.0909 e. The minimum Gasteiger partial charge on any atom is -0.0909 e. The summed E-state index contributed by atoms with van der Waals surface area (Å²) >= 11 is 0. The van der Waals surface area contributed by atoms with E-state index in [-0.39, 0.29) is 0 Å². The van der Waals surface area contributed by atoms with E-state index < -0.39 is 0 Å². The Kier molecular flexibility index (Phi) is 4.56. The van der Waals surface area contributed by atoms with Gasteiger partial charge in [-0.1, -0.05) is 85.5 Å². The van der Waals surface area contributed by atoms with E-state index in [1.54, 1.807) is 0 Å². The van der Waals surface area contributed by atoms with Gasteiger partial charge in [0.2, 0.25) is 0 Å². The summed E-state index contributed by atoms with van der Waals surface area (Å²) in [6, 6.07) is 24.5. The summed E-state index contributed by atoms with van der Waals surface area (Å²) in [5.74, 6) is 0. The summed E-state index contributed by atoms with van der Waals surface area (Å²) in [6.07, 6.45) is 9.00. The van der Waals surface area contributed by atoms with Crippen molar-refractivity contribution in [3.63, 3.8) is 0 Å². The minimum absolute atomic E-state index is 1.06. The van der Waals surface area contributed by atoms with E-state index in [1.807, 2.05) is 0 Å². The molecule has 0 spiro atoms. The molecule has 0 atom stereocenters. The molecule has 0 heteroatoms. The number of hydrogen-bond acceptors (Lipinski definition) is 0. The first kappa shape index (κ1) is 17.9. The first-order valence-corrected chi connectivity index (χ1v) is 10.6. The first-order valence-electron chi connectivity index (χ1n) is 10.6. The number of fused-ring (bicyclic) bond motifs is 4. The zero-order valence-electron chi connectivity index (χ0n) is 17.0. The van der Waals surface area contributed by atoms with Crippen LogP contribution in [0.1, 0.15) is 41.2 Å². The summed E-state index contributed by atoms with van der Waals surface area (Å²) in [5, 5.41) is 0. The molecule has 0 heterocycles. The molecule has 2 aliphatic rings. The van der Waals surface area contributed by atoms with Gasteiger partial charge in [-0.25, -0.2) is 0 Å². The summed E-state index contributed by atoms with van der Waals surface area (Å²) in [6.45, 7) is 6.56. The highest BCUT2D eigenvalue weighted by atomic mass is 14.2. The number of aryl methyl sites for hydroxylation is 3. The molecule has 0 amide bonds. The van der Waals surface area contributed by atoms with E-state index in [2.05, 4.69) is 92.4 Å². The maximum absolute atomic E-state index is 4.42. The third-order valence-electron chi connectivity index (χ3n) is 6.44. The van der Waals surface area contributed by atoms with Crippen LogP contribution in [0.15, 0.2) is 91.0 Å². The number of rotatable bonds is 2. The van der Waals surface area contributed by atoms with E-state index in [0.717, 1.165) is 25.7 Å². The predicted octanol–water partition coefficient (Wildman–Crippen LogP) is 7.44. The van der Waals surface area contributed by atoms with Crippen molar-refractivity contribution in [2.24, 2.45) is 0 Å². The van der Waals surface area contributed by atoms with Crippen molar-refractivity contribution >= 4 is 11.1 Å². The van der Waals surface area contributed by atoms with Crippen LogP contribution in [0.25, 0.3) is 22.3 Å². The standard InChI is InChI=1S/C29H26/c1-3-21(18-24-14-12-22-8-4-6-10-27(22)20(24)2)25-16-17-29-26(19-25)15-13-23-9-5-7-11-28(23)29/h3-11,16-19H,2,12-15H2,1H3/b21-3+,24-18-. The van der Waals surface area contributed by atoms with Gasteiger partial charge >= 0.3 is 0 Å². The molecule has 3 aromatic carbocycles. The fraction of sp³-hybridized carbons (Fsp3) is 0.172. The predicted molar refractivity (Wildman–Crippen MR) is 125 cm³/mol. The molecule has 0 aliphatic heterocycles. The molecule has 142 valence electrons. The Labute approximate surface area is 173 Å². The van der Waals surface area contributed by atoms with Crippen LogP contribution < -0.4 is 0 Å². The van der Waals surface area contributed by atoms with Crippen molar-refractivity contribution in [3.05, 3.63) is 119 Å². The van der Waals surface area contributed by atoms with Gasteiger partial charge in [0.05, 0.1) is 0 Å². The molecule has 0 saturated heterocycles. The van der Waals surface area contributed by atoms with Crippen LogP contribution in [0, 0.1) is 0 Å².